The highest BCUT2D eigenvalue weighted by Crippen LogP contribution is 2.34. The van der Waals surface area contributed by atoms with Crippen molar-refractivity contribution in [3.05, 3.63) is 0 Å². The zero-order valence-corrected chi connectivity index (χ0v) is 13.4. The Morgan fingerprint density at radius 1 is 1.00 bits per heavy atom. The van der Waals surface area contributed by atoms with E-state index in [1.54, 1.807) is 0 Å². The molecule has 3 rings (SSSR count). The molecule has 0 aromatic rings. The van der Waals surface area contributed by atoms with Gasteiger partial charge in [0.1, 0.15) is 6.10 Å². The monoisotopic (exact) mass is 298 g/mol. The Hall–Kier alpha value is -0.160. The van der Waals surface area contributed by atoms with Crippen LogP contribution in [0, 0.1) is 11.3 Å². The average molecular weight is 298 g/mol. The van der Waals surface area contributed by atoms with Crippen LogP contribution in [0.25, 0.3) is 0 Å². The maximum atomic E-state index is 6.02. The summed E-state index contributed by atoms with van der Waals surface area (Å²) in [7, 11) is 0. The molecule has 4 nitrogen and oxygen atoms in total. The van der Waals surface area contributed by atoms with Crippen molar-refractivity contribution in [3.8, 4) is 0 Å². The molecule has 3 atom stereocenters. The lowest BCUT2D eigenvalue weighted by Crippen LogP contribution is -2.33. The van der Waals surface area contributed by atoms with Gasteiger partial charge in [0.25, 0.3) is 0 Å². The van der Waals surface area contributed by atoms with Gasteiger partial charge < -0.3 is 18.9 Å². The van der Waals surface area contributed by atoms with E-state index in [0.29, 0.717) is 12.2 Å². The van der Waals surface area contributed by atoms with Crippen LogP contribution in [0.4, 0.5) is 0 Å². The zero-order valence-electron chi connectivity index (χ0n) is 13.4. The Bertz CT molecular complexity index is 262. The predicted octanol–water partition coefficient (Wildman–Crippen LogP) is 2.79. The van der Waals surface area contributed by atoms with Gasteiger partial charge in [-0.15, -0.1) is 0 Å². The smallest absolute Gasteiger partial charge is 0.104 e. The van der Waals surface area contributed by atoms with Crippen LogP contribution in [-0.2, 0) is 18.9 Å². The van der Waals surface area contributed by atoms with E-state index in [1.807, 2.05) is 0 Å². The first-order valence-corrected chi connectivity index (χ1v) is 8.68. The summed E-state index contributed by atoms with van der Waals surface area (Å²) in [5, 5.41) is 0. The fraction of sp³-hybridized carbons (Fsp3) is 1.00. The first-order chi connectivity index (χ1) is 10.3. The maximum absolute atomic E-state index is 6.02. The second kappa shape index (κ2) is 7.40. The molecule has 1 saturated carbocycles. The van der Waals surface area contributed by atoms with Crippen molar-refractivity contribution in [2.75, 3.05) is 39.6 Å². The zero-order chi connectivity index (χ0) is 14.5. The summed E-state index contributed by atoms with van der Waals surface area (Å²) in [6.45, 7) is 7.44. The van der Waals surface area contributed by atoms with Crippen LogP contribution < -0.4 is 0 Å². The minimum atomic E-state index is 0.179. The molecular formula is C17H30O4. The Morgan fingerprint density at radius 3 is 2.24 bits per heavy atom. The van der Waals surface area contributed by atoms with Gasteiger partial charge >= 0.3 is 0 Å². The van der Waals surface area contributed by atoms with E-state index in [4.69, 9.17) is 18.9 Å². The van der Waals surface area contributed by atoms with Crippen molar-refractivity contribution < 1.29 is 18.9 Å². The summed E-state index contributed by atoms with van der Waals surface area (Å²) in [5.41, 5.74) is 0.179. The summed E-state index contributed by atoms with van der Waals surface area (Å²) in [6, 6.07) is 0. The third kappa shape index (κ3) is 5.85. The second-order valence-electron chi connectivity index (χ2n) is 7.13. The van der Waals surface area contributed by atoms with Gasteiger partial charge in [0, 0.05) is 12.0 Å². The molecular weight excluding hydrogens is 268 g/mol. The van der Waals surface area contributed by atoms with Gasteiger partial charge in [-0.05, 0) is 38.0 Å². The van der Waals surface area contributed by atoms with Gasteiger partial charge in [-0.25, -0.2) is 0 Å². The second-order valence-corrected chi connectivity index (χ2v) is 7.13. The topological polar surface area (TPSA) is 43.5 Å². The summed E-state index contributed by atoms with van der Waals surface area (Å²) >= 11 is 0. The van der Waals surface area contributed by atoms with Crippen LogP contribution >= 0.6 is 0 Å². The van der Waals surface area contributed by atoms with Crippen molar-refractivity contribution in [1.82, 2.24) is 0 Å². The van der Waals surface area contributed by atoms with Gasteiger partial charge in [0.2, 0.25) is 0 Å². The van der Waals surface area contributed by atoms with Gasteiger partial charge in [-0.1, -0.05) is 13.3 Å². The Kier molecular flexibility index (Phi) is 5.54. The van der Waals surface area contributed by atoms with E-state index in [1.165, 1.54) is 32.1 Å². The lowest BCUT2D eigenvalue weighted by atomic mass is 9.81. The largest absolute Gasteiger partial charge is 0.380 e. The minimum absolute atomic E-state index is 0.179. The van der Waals surface area contributed by atoms with Gasteiger partial charge in [-0.3, -0.25) is 0 Å². The molecule has 0 bridgehead atoms. The molecule has 0 spiro atoms. The third-order valence-corrected chi connectivity index (χ3v) is 4.96. The lowest BCUT2D eigenvalue weighted by molar-refractivity contribution is -0.0361. The number of hydrogen-bond acceptors (Lipinski definition) is 4. The van der Waals surface area contributed by atoms with Crippen molar-refractivity contribution in [2.24, 2.45) is 11.3 Å². The van der Waals surface area contributed by atoms with E-state index >= 15 is 0 Å². The molecule has 2 aliphatic heterocycles. The van der Waals surface area contributed by atoms with Crippen LogP contribution in [0.3, 0.4) is 0 Å². The molecule has 2 heterocycles. The van der Waals surface area contributed by atoms with E-state index in [0.717, 1.165) is 52.0 Å². The number of epoxide rings is 2. The third-order valence-electron chi connectivity index (χ3n) is 4.96. The van der Waals surface area contributed by atoms with Crippen molar-refractivity contribution >= 4 is 0 Å². The maximum Gasteiger partial charge on any atom is 0.104 e. The molecule has 0 radical (unpaired) electrons. The summed E-state index contributed by atoms with van der Waals surface area (Å²) in [4.78, 5) is 0. The Labute approximate surface area is 128 Å². The van der Waals surface area contributed by atoms with Crippen LogP contribution in [0.5, 0.6) is 0 Å². The fourth-order valence-corrected chi connectivity index (χ4v) is 2.80. The molecule has 0 aromatic carbocycles. The van der Waals surface area contributed by atoms with E-state index in [9.17, 15) is 0 Å². The fourth-order valence-electron chi connectivity index (χ4n) is 2.80. The van der Waals surface area contributed by atoms with Gasteiger partial charge in [0.15, 0.2) is 0 Å². The lowest BCUT2D eigenvalue weighted by Gasteiger charge is -2.32. The van der Waals surface area contributed by atoms with Crippen LogP contribution in [0.1, 0.15) is 45.4 Å². The van der Waals surface area contributed by atoms with Crippen LogP contribution in [0.15, 0.2) is 0 Å². The average Bonchev–Trinajstić information content (AvgIpc) is 3.34. The molecule has 0 amide bonds. The van der Waals surface area contributed by atoms with Gasteiger partial charge in [0.05, 0.1) is 39.1 Å². The Morgan fingerprint density at radius 2 is 1.67 bits per heavy atom. The van der Waals surface area contributed by atoms with E-state index in [2.05, 4.69) is 6.92 Å². The van der Waals surface area contributed by atoms with E-state index < -0.39 is 0 Å². The van der Waals surface area contributed by atoms with Crippen LogP contribution in [-0.4, -0.2) is 51.8 Å². The molecule has 3 aliphatic rings. The molecule has 4 heteroatoms. The van der Waals surface area contributed by atoms with Crippen molar-refractivity contribution in [1.29, 1.82) is 0 Å². The van der Waals surface area contributed by atoms with Crippen LogP contribution in [0.2, 0.25) is 0 Å². The SMILES string of the molecule is CCC(CCCC1CO1)(COCC1CC1)COCC1CO1. The van der Waals surface area contributed by atoms with E-state index in [-0.39, 0.29) is 5.41 Å². The van der Waals surface area contributed by atoms with Gasteiger partial charge in [-0.2, -0.15) is 0 Å². The quantitative estimate of drug-likeness (QED) is 0.490. The molecule has 2 saturated heterocycles. The standard InChI is InChI=1S/C17H30O4/c1-2-17(7-3-4-15-10-20-15,12-18-8-14-5-6-14)13-19-9-16-11-21-16/h14-16H,2-13H2,1H3. The molecule has 3 fully saturated rings. The molecule has 21 heavy (non-hydrogen) atoms. The minimum Gasteiger partial charge on any atom is -0.380 e. The highest BCUT2D eigenvalue weighted by molar-refractivity contribution is 4.81. The summed E-state index contributed by atoms with van der Waals surface area (Å²) in [6.07, 6.45) is 8.31. The highest BCUT2D eigenvalue weighted by Gasteiger charge is 2.33. The van der Waals surface area contributed by atoms with Crippen molar-refractivity contribution in [3.63, 3.8) is 0 Å². The molecule has 122 valence electrons. The predicted molar refractivity (Wildman–Crippen MR) is 80.4 cm³/mol. The molecule has 1 aliphatic carbocycles. The first-order valence-electron chi connectivity index (χ1n) is 8.68. The van der Waals surface area contributed by atoms with Crippen molar-refractivity contribution in [2.45, 2.75) is 57.7 Å². The normalized spacial score (nSPS) is 30.1. The highest BCUT2D eigenvalue weighted by atomic mass is 16.6. The first kappa shape index (κ1) is 15.7. The number of hydrogen-bond donors (Lipinski definition) is 0. The Balaban J connectivity index is 1.41. The number of ether oxygens (including phenoxy) is 4. The molecule has 3 unspecified atom stereocenters. The summed E-state index contributed by atoms with van der Waals surface area (Å²) in [5.74, 6) is 0.834. The molecule has 0 aromatic heterocycles. The molecule has 0 N–H and O–H groups in total. The number of rotatable bonds is 13. The summed E-state index contributed by atoms with van der Waals surface area (Å²) < 4.78 is 22.5.